The van der Waals surface area contributed by atoms with Gasteiger partial charge in [-0.3, -0.25) is 14.3 Å². The molecular weight excluding hydrogens is 420 g/mol. The average Bonchev–Trinajstić information content (AvgIpc) is 3.25. The maximum Gasteiger partial charge on any atom is 0.349 e. The third-order valence-corrected chi connectivity index (χ3v) is 6.45. The quantitative estimate of drug-likeness (QED) is 0.451. The number of nitrogens with one attached hydrogen (secondary N) is 1. The van der Waals surface area contributed by atoms with E-state index >= 15 is 0 Å². The number of hydrogen-bond donors (Lipinski definition) is 1. The number of halogens is 1. The molecule has 1 aliphatic rings. The fourth-order valence-corrected chi connectivity index (χ4v) is 4.67. The number of fused-ring (bicyclic) bond motifs is 1. The lowest BCUT2D eigenvalue weighted by atomic mass is 10.2. The number of thioether (sulfide) groups is 1. The fraction of sp³-hybridized carbons (Fsp3) is 0.273. The second kappa shape index (κ2) is 9.45. The molecule has 1 amide bonds. The Labute approximate surface area is 183 Å². The molecule has 4 rings (SSSR count). The van der Waals surface area contributed by atoms with Crippen molar-refractivity contribution < 1.29 is 4.79 Å². The van der Waals surface area contributed by atoms with Crippen molar-refractivity contribution in [3.05, 3.63) is 86.7 Å². The highest BCUT2D eigenvalue weighted by Gasteiger charge is 2.22. The number of carbonyl (C=O) groups is 1. The Kier molecular flexibility index (Phi) is 6.50. The molecule has 0 unspecified atom stereocenters. The maximum absolute atomic E-state index is 12.7. The maximum atomic E-state index is 12.7. The molecule has 0 aliphatic heterocycles. The van der Waals surface area contributed by atoms with Crippen molar-refractivity contribution in [1.82, 2.24) is 19.9 Å². The molecule has 0 radical (unpaired) electrons. The molecule has 30 heavy (non-hydrogen) atoms. The molecule has 0 spiro atoms. The van der Waals surface area contributed by atoms with E-state index in [0.717, 1.165) is 41.6 Å². The van der Waals surface area contributed by atoms with Crippen molar-refractivity contribution in [3.8, 4) is 0 Å². The molecule has 0 saturated carbocycles. The van der Waals surface area contributed by atoms with Gasteiger partial charge in [0.15, 0.2) is 0 Å². The van der Waals surface area contributed by atoms with Crippen LogP contribution in [0.15, 0.2) is 58.6 Å². The summed E-state index contributed by atoms with van der Waals surface area (Å²) in [5.41, 5.74) is 3.74. The van der Waals surface area contributed by atoms with Crippen LogP contribution in [0.1, 0.15) is 28.8 Å². The molecule has 0 saturated heterocycles. The number of hydrogen-bond acceptors (Lipinski definition) is 5. The second-order valence-electron chi connectivity index (χ2n) is 7.08. The fourth-order valence-electron chi connectivity index (χ4n) is 3.56. The van der Waals surface area contributed by atoms with Crippen LogP contribution < -0.4 is 11.0 Å². The Balaban J connectivity index is 1.44. The SMILES string of the molecule is O=C(CSc1nc(=O)n(Cc2ccncc2)c2c1CCC2)NCc1ccccc1Cl. The van der Waals surface area contributed by atoms with E-state index in [1.807, 2.05) is 30.3 Å². The number of rotatable bonds is 7. The molecule has 6 nitrogen and oxygen atoms in total. The van der Waals surface area contributed by atoms with Crippen molar-refractivity contribution in [3.63, 3.8) is 0 Å². The van der Waals surface area contributed by atoms with Gasteiger partial charge in [-0.1, -0.05) is 41.6 Å². The van der Waals surface area contributed by atoms with E-state index in [1.54, 1.807) is 23.0 Å². The summed E-state index contributed by atoms with van der Waals surface area (Å²) in [6.07, 6.45) is 6.16. The third-order valence-electron chi connectivity index (χ3n) is 5.06. The molecule has 3 aromatic rings. The first-order chi connectivity index (χ1) is 14.6. The van der Waals surface area contributed by atoms with Crippen LogP contribution in [0.3, 0.4) is 0 Å². The molecule has 154 valence electrons. The number of benzene rings is 1. The Morgan fingerprint density at radius 1 is 1.17 bits per heavy atom. The molecule has 1 aliphatic carbocycles. The van der Waals surface area contributed by atoms with Gasteiger partial charge in [-0.05, 0) is 48.6 Å². The summed E-state index contributed by atoms with van der Waals surface area (Å²) in [6, 6.07) is 11.2. The van der Waals surface area contributed by atoms with Crippen LogP contribution in [-0.2, 0) is 30.7 Å². The number of aromatic nitrogens is 3. The summed E-state index contributed by atoms with van der Waals surface area (Å²) >= 11 is 7.45. The van der Waals surface area contributed by atoms with Gasteiger partial charge in [-0.2, -0.15) is 4.98 Å². The summed E-state index contributed by atoms with van der Waals surface area (Å²) in [5.74, 6) is 0.0898. The predicted octanol–water partition coefficient (Wildman–Crippen LogP) is 3.24. The van der Waals surface area contributed by atoms with E-state index < -0.39 is 0 Å². The largest absolute Gasteiger partial charge is 0.351 e. The number of carbonyl (C=O) groups excluding carboxylic acids is 1. The first-order valence-electron chi connectivity index (χ1n) is 9.76. The van der Waals surface area contributed by atoms with E-state index in [1.165, 1.54) is 11.8 Å². The highest BCUT2D eigenvalue weighted by molar-refractivity contribution is 7.99. The summed E-state index contributed by atoms with van der Waals surface area (Å²) < 4.78 is 1.75. The molecule has 1 N–H and O–H groups in total. The van der Waals surface area contributed by atoms with Crippen LogP contribution >= 0.6 is 23.4 Å². The second-order valence-corrected chi connectivity index (χ2v) is 8.45. The molecule has 8 heteroatoms. The zero-order chi connectivity index (χ0) is 20.9. The Hall–Kier alpha value is -2.64. The number of nitrogens with zero attached hydrogens (tertiary/aromatic N) is 3. The zero-order valence-corrected chi connectivity index (χ0v) is 17.9. The first kappa shape index (κ1) is 20.6. The Morgan fingerprint density at radius 2 is 1.97 bits per heavy atom. The van der Waals surface area contributed by atoms with Gasteiger partial charge in [-0.25, -0.2) is 4.79 Å². The smallest absolute Gasteiger partial charge is 0.349 e. The van der Waals surface area contributed by atoms with Gasteiger partial charge in [0.1, 0.15) is 5.03 Å². The van der Waals surface area contributed by atoms with Crippen molar-refractivity contribution >= 4 is 29.3 Å². The summed E-state index contributed by atoms with van der Waals surface area (Å²) in [4.78, 5) is 33.3. The zero-order valence-electron chi connectivity index (χ0n) is 16.3. The summed E-state index contributed by atoms with van der Waals surface area (Å²) in [7, 11) is 0. The van der Waals surface area contributed by atoms with Crippen molar-refractivity contribution in [2.45, 2.75) is 37.4 Å². The van der Waals surface area contributed by atoms with Crippen molar-refractivity contribution in [2.24, 2.45) is 0 Å². The van der Waals surface area contributed by atoms with Crippen LogP contribution in [-0.4, -0.2) is 26.2 Å². The average molecular weight is 441 g/mol. The van der Waals surface area contributed by atoms with Crippen LogP contribution in [0.25, 0.3) is 0 Å². The van der Waals surface area contributed by atoms with Crippen molar-refractivity contribution in [1.29, 1.82) is 0 Å². The lowest BCUT2D eigenvalue weighted by molar-refractivity contribution is -0.118. The normalized spacial score (nSPS) is 12.6. The first-order valence-corrected chi connectivity index (χ1v) is 11.1. The summed E-state index contributed by atoms with van der Waals surface area (Å²) in [5, 5.41) is 4.18. The van der Waals surface area contributed by atoms with Gasteiger partial charge in [0.05, 0.1) is 12.3 Å². The van der Waals surface area contributed by atoms with Gasteiger partial charge in [0.2, 0.25) is 5.91 Å². The number of pyridine rings is 1. The molecule has 0 atom stereocenters. The van der Waals surface area contributed by atoms with E-state index in [-0.39, 0.29) is 17.3 Å². The van der Waals surface area contributed by atoms with Crippen LogP contribution in [0.4, 0.5) is 0 Å². The van der Waals surface area contributed by atoms with Gasteiger partial charge < -0.3 is 5.32 Å². The minimum atomic E-state index is -0.272. The predicted molar refractivity (Wildman–Crippen MR) is 118 cm³/mol. The van der Waals surface area contributed by atoms with Gasteiger partial charge in [0.25, 0.3) is 0 Å². The standard InChI is InChI=1S/C22H21ClN4O2S/c23-18-6-2-1-4-16(18)12-25-20(28)14-30-21-17-5-3-7-19(17)27(22(29)26-21)13-15-8-10-24-11-9-15/h1-2,4,6,8-11H,3,5,7,12-14H2,(H,25,28). The lowest BCUT2D eigenvalue weighted by Crippen LogP contribution is -2.28. The van der Waals surface area contributed by atoms with Gasteiger partial charge >= 0.3 is 5.69 Å². The molecule has 0 bridgehead atoms. The van der Waals surface area contributed by atoms with E-state index in [0.29, 0.717) is 23.1 Å². The van der Waals surface area contributed by atoms with Gasteiger partial charge in [-0.15, -0.1) is 0 Å². The highest BCUT2D eigenvalue weighted by Crippen LogP contribution is 2.29. The highest BCUT2D eigenvalue weighted by atomic mass is 35.5. The molecule has 1 aromatic carbocycles. The van der Waals surface area contributed by atoms with Gasteiger partial charge in [0, 0.05) is 35.2 Å². The molecule has 0 fully saturated rings. The Morgan fingerprint density at radius 3 is 2.77 bits per heavy atom. The molecule has 2 aromatic heterocycles. The lowest BCUT2D eigenvalue weighted by Gasteiger charge is -2.14. The van der Waals surface area contributed by atoms with Crippen LogP contribution in [0.2, 0.25) is 5.02 Å². The van der Waals surface area contributed by atoms with E-state index in [2.05, 4.69) is 15.3 Å². The molecule has 2 heterocycles. The topological polar surface area (TPSA) is 76.9 Å². The monoisotopic (exact) mass is 440 g/mol. The third kappa shape index (κ3) is 4.74. The van der Waals surface area contributed by atoms with Crippen LogP contribution in [0.5, 0.6) is 0 Å². The summed E-state index contributed by atoms with van der Waals surface area (Å²) in [6.45, 7) is 0.859. The molecular formula is C22H21ClN4O2S. The Bertz CT molecular complexity index is 1120. The van der Waals surface area contributed by atoms with Crippen LogP contribution in [0, 0.1) is 0 Å². The minimum Gasteiger partial charge on any atom is -0.351 e. The van der Waals surface area contributed by atoms with Crippen molar-refractivity contribution in [2.75, 3.05) is 5.75 Å². The van der Waals surface area contributed by atoms with E-state index in [4.69, 9.17) is 11.6 Å². The minimum absolute atomic E-state index is 0.116. The van der Waals surface area contributed by atoms with E-state index in [9.17, 15) is 9.59 Å². The number of amides is 1.